The SMILES string of the molecule is CCOc1ccc(CCC(C)CCN)cc1. The highest BCUT2D eigenvalue weighted by atomic mass is 16.5. The van der Waals surface area contributed by atoms with Gasteiger partial charge in [-0.3, -0.25) is 0 Å². The minimum absolute atomic E-state index is 0.719. The molecule has 0 amide bonds. The summed E-state index contributed by atoms with van der Waals surface area (Å²) in [5.74, 6) is 1.68. The highest BCUT2D eigenvalue weighted by Gasteiger charge is 2.01. The van der Waals surface area contributed by atoms with E-state index in [1.54, 1.807) is 0 Å². The van der Waals surface area contributed by atoms with Gasteiger partial charge in [-0.1, -0.05) is 19.1 Å². The van der Waals surface area contributed by atoms with Crippen molar-refractivity contribution in [2.24, 2.45) is 11.7 Å². The van der Waals surface area contributed by atoms with Gasteiger partial charge in [-0.15, -0.1) is 0 Å². The van der Waals surface area contributed by atoms with Crippen molar-refractivity contribution in [1.29, 1.82) is 0 Å². The van der Waals surface area contributed by atoms with E-state index in [-0.39, 0.29) is 0 Å². The average Bonchev–Trinajstić information content (AvgIpc) is 2.29. The number of nitrogens with two attached hydrogens (primary N) is 1. The van der Waals surface area contributed by atoms with Gasteiger partial charge in [-0.25, -0.2) is 0 Å². The molecule has 1 unspecified atom stereocenters. The zero-order valence-corrected chi connectivity index (χ0v) is 10.4. The van der Waals surface area contributed by atoms with Crippen molar-refractivity contribution in [3.05, 3.63) is 29.8 Å². The highest BCUT2D eigenvalue weighted by Crippen LogP contribution is 2.16. The largest absolute Gasteiger partial charge is 0.494 e. The van der Waals surface area contributed by atoms with Crippen molar-refractivity contribution in [3.8, 4) is 5.75 Å². The molecule has 0 aliphatic carbocycles. The van der Waals surface area contributed by atoms with Crippen LogP contribution in [0, 0.1) is 5.92 Å². The molecule has 1 aromatic carbocycles. The number of hydrogen-bond donors (Lipinski definition) is 1. The molecule has 0 heterocycles. The first-order chi connectivity index (χ1) is 7.76. The van der Waals surface area contributed by atoms with Crippen LogP contribution in [-0.2, 0) is 6.42 Å². The molecule has 0 fully saturated rings. The van der Waals surface area contributed by atoms with E-state index in [0.29, 0.717) is 0 Å². The standard InChI is InChI=1S/C14H23NO/c1-3-16-14-8-6-13(7-9-14)5-4-12(2)10-11-15/h6-9,12H,3-5,10-11,15H2,1-2H3. The molecule has 0 saturated heterocycles. The number of ether oxygens (including phenoxy) is 1. The van der Waals surface area contributed by atoms with Crippen molar-refractivity contribution in [1.82, 2.24) is 0 Å². The van der Waals surface area contributed by atoms with Crippen molar-refractivity contribution < 1.29 is 4.74 Å². The lowest BCUT2D eigenvalue weighted by molar-refractivity contribution is 0.340. The van der Waals surface area contributed by atoms with Crippen LogP contribution in [0.2, 0.25) is 0 Å². The highest BCUT2D eigenvalue weighted by molar-refractivity contribution is 5.27. The molecule has 1 aromatic rings. The second-order valence-corrected chi connectivity index (χ2v) is 4.30. The summed E-state index contributed by atoms with van der Waals surface area (Å²) in [6.45, 7) is 5.79. The molecule has 2 heteroatoms. The number of hydrogen-bond acceptors (Lipinski definition) is 2. The molecule has 90 valence electrons. The Morgan fingerprint density at radius 2 is 1.88 bits per heavy atom. The zero-order valence-electron chi connectivity index (χ0n) is 10.4. The Hall–Kier alpha value is -1.02. The minimum atomic E-state index is 0.719. The Labute approximate surface area is 98.8 Å². The first-order valence-corrected chi connectivity index (χ1v) is 6.18. The van der Waals surface area contributed by atoms with Crippen molar-refractivity contribution in [3.63, 3.8) is 0 Å². The summed E-state index contributed by atoms with van der Waals surface area (Å²) in [5, 5.41) is 0. The van der Waals surface area contributed by atoms with E-state index in [4.69, 9.17) is 10.5 Å². The minimum Gasteiger partial charge on any atom is -0.494 e. The fourth-order valence-electron chi connectivity index (χ4n) is 1.76. The molecule has 0 aliphatic heterocycles. The smallest absolute Gasteiger partial charge is 0.119 e. The summed E-state index contributed by atoms with van der Waals surface area (Å²) in [6.07, 6.45) is 3.47. The number of aryl methyl sites for hydroxylation is 1. The van der Waals surface area contributed by atoms with E-state index in [2.05, 4.69) is 19.1 Å². The molecule has 2 nitrogen and oxygen atoms in total. The van der Waals surface area contributed by atoms with Crippen LogP contribution in [0.1, 0.15) is 32.3 Å². The third-order valence-electron chi connectivity index (χ3n) is 2.82. The van der Waals surface area contributed by atoms with Crippen molar-refractivity contribution in [2.75, 3.05) is 13.2 Å². The monoisotopic (exact) mass is 221 g/mol. The summed E-state index contributed by atoms with van der Waals surface area (Å²) in [5.41, 5.74) is 6.92. The van der Waals surface area contributed by atoms with Gasteiger partial charge in [0, 0.05) is 0 Å². The molecule has 1 atom stereocenters. The van der Waals surface area contributed by atoms with E-state index in [1.165, 1.54) is 12.0 Å². The van der Waals surface area contributed by atoms with Crippen LogP contribution in [-0.4, -0.2) is 13.2 Å². The van der Waals surface area contributed by atoms with E-state index in [1.807, 2.05) is 19.1 Å². The lowest BCUT2D eigenvalue weighted by atomic mass is 9.98. The molecule has 0 aromatic heterocycles. The predicted octanol–water partition coefficient (Wildman–Crippen LogP) is 3.00. The first-order valence-electron chi connectivity index (χ1n) is 6.18. The average molecular weight is 221 g/mol. The molecule has 0 spiro atoms. The normalized spacial score (nSPS) is 12.4. The fraction of sp³-hybridized carbons (Fsp3) is 0.571. The summed E-state index contributed by atoms with van der Waals surface area (Å²) < 4.78 is 5.41. The Bertz CT molecular complexity index is 281. The zero-order chi connectivity index (χ0) is 11.8. The maximum atomic E-state index is 5.54. The maximum absolute atomic E-state index is 5.54. The van der Waals surface area contributed by atoms with Gasteiger partial charge in [-0.05, 0) is 56.3 Å². The Morgan fingerprint density at radius 1 is 1.19 bits per heavy atom. The molecule has 0 radical (unpaired) electrons. The molecule has 0 saturated carbocycles. The van der Waals surface area contributed by atoms with Gasteiger partial charge in [0.25, 0.3) is 0 Å². The second-order valence-electron chi connectivity index (χ2n) is 4.30. The molecular weight excluding hydrogens is 198 g/mol. The van der Waals surface area contributed by atoms with Crippen LogP contribution in [0.15, 0.2) is 24.3 Å². The van der Waals surface area contributed by atoms with Gasteiger partial charge in [-0.2, -0.15) is 0 Å². The van der Waals surface area contributed by atoms with E-state index in [9.17, 15) is 0 Å². The Kier molecular flexibility index (Phi) is 5.94. The van der Waals surface area contributed by atoms with Crippen LogP contribution < -0.4 is 10.5 Å². The van der Waals surface area contributed by atoms with Crippen LogP contribution >= 0.6 is 0 Å². The summed E-state index contributed by atoms with van der Waals surface area (Å²) >= 11 is 0. The summed E-state index contributed by atoms with van der Waals surface area (Å²) in [6, 6.07) is 8.40. The second kappa shape index (κ2) is 7.29. The van der Waals surface area contributed by atoms with Gasteiger partial charge >= 0.3 is 0 Å². The molecule has 2 N–H and O–H groups in total. The summed E-state index contributed by atoms with van der Waals surface area (Å²) in [7, 11) is 0. The fourth-order valence-corrected chi connectivity index (χ4v) is 1.76. The molecule has 0 bridgehead atoms. The van der Waals surface area contributed by atoms with Gasteiger partial charge in [0.1, 0.15) is 5.75 Å². The number of benzene rings is 1. The Balaban J connectivity index is 2.37. The lowest BCUT2D eigenvalue weighted by Crippen LogP contribution is -2.06. The Morgan fingerprint density at radius 3 is 2.44 bits per heavy atom. The maximum Gasteiger partial charge on any atom is 0.119 e. The van der Waals surface area contributed by atoms with E-state index in [0.717, 1.165) is 37.7 Å². The predicted molar refractivity (Wildman–Crippen MR) is 68.8 cm³/mol. The van der Waals surface area contributed by atoms with Gasteiger partial charge in [0.15, 0.2) is 0 Å². The lowest BCUT2D eigenvalue weighted by Gasteiger charge is -2.10. The van der Waals surface area contributed by atoms with Crippen LogP contribution in [0.3, 0.4) is 0 Å². The van der Waals surface area contributed by atoms with Crippen LogP contribution in [0.4, 0.5) is 0 Å². The quantitative estimate of drug-likeness (QED) is 0.768. The molecule has 1 rings (SSSR count). The first kappa shape index (κ1) is 13.0. The van der Waals surface area contributed by atoms with E-state index >= 15 is 0 Å². The third-order valence-corrected chi connectivity index (χ3v) is 2.82. The van der Waals surface area contributed by atoms with E-state index < -0.39 is 0 Å². The molecular formula is C14H23NO. The van der Waals surface area contributed by atoms with Crippen LogP contribution in [0.5, 0.6) is 5.75 Å². The van der Waals surface area contributed by atoms with Crippen molar-refractivity contribution in [2.45, 2.75) is 33.1 Å². The van der Waals surface area contributed by atoms with Crippen molar-refractivity contribution >= 4 is 0 Å². The topological polar surface area (TPSA) is 35.2 Å². The summed E-state index contributed by atoms with van der Waals surface area (Å²) in [4.78, 5) is 0. The molecule has 16 heavy (non-hydrogen) atoms. The van der Waals surface area contributed by atoms with Crippen LogP contribution in [0.25, 0.3) is 0 Å². The van der Waals surface area contributed by atoms with Gasteiger partial charge in [0.2, 0.25) is 0 Å². The molecule has 0 aliphatic rings. The third kappa shape index (κ3) is 4.67. The van der Waals surface area contributed by atoms with Gasteiger partial charge in [0.05, 0.1) is 6.61 Å². The number of rotatable bonds is 7. The van der Waals surface area contributed by atoms with Gasteiger partial charge < -0.3 is 10.5 Å².